The maximum Gasteiger partial charge on any atom is 0.309 e. The van der Waals surface area contributed by atoms with Gasteiger partial charge in [0.2, 0.25) is 0 Å². The van der Waals surface area contributed by atoms with Gasteiger partial charge in [0, 0.05) is 0 Å². The highest BCUT2D eigenvalue weighted by molar-refractivity contribution is 5.75. The van der Waals surface area contributed by atoms with Crippen molar-refractivity contribution in [2.75, 3.05) is 0 Å². The summed E-state index contributed by atoms with van der Waals surface area (Å²) in [7, 11) is 0. The highest BCUT2D eigenvalue weighted by Crippen LogP contribution is 2.49. The molecule has 2 atom stereocenters. The van der Waals surface area contributed by atoms with Crippen LogP contribution < -0.4 is 0 Å². The SMILES string of the molecule is CC(C)(C)OC(=O)C1CC2CCC(C1)C2C(=O)O. The van der Waals surface area contributed by atoms with Crippen LogP contribution in [-0.4, -0.2) is 22.6 Å². The number of hydrogen-bond donors (Lipinski definition) is 1. The zero-order chi connectivity index (χ0) is 13.5. The number of hydrogen-bond acceptors (Lipinski definition) is 3. The summed E-state index contributed by atoms with van der Waals surface area (Å²) in [6.45, 7) is 5.59. The van der Waals surface area contributed by atoms with Gasteiger partial charge in [-0.2, -0.15) is 0 Å². The second-order valence-electron chi connectivity index (χ2n) is 6.66. The summed E-state index contributed by atoms with van der Waals surface area (Å²) in [4.78, 5) is 23.2. The van der Waals surface area contributed by atoms with Gasteiger partial charge < -0.3 is 9.84 Å². The van der Waals surface area contributed by atoms with Crippen molar-refractivity contribution >= 4 is 11.9 Å². The van der Waals surface area contributed by atoms with Crippen molar-refractivity contribution in [2.45, 2.75) is 52.1 Å². The fourth-order valence-corrected chi connectivity index (χ4v) is 3.51. The summed E-state index contributed by atoms with van der Waals surface area (Å²) < 4.78 is 5.41. The van der Waals surface area contributed by atoms with Crippen LogP contribution in [0.1, 0.15) is 46.5 Å². The van der Waals surface area contributed by atoms with Crippen LogP contribution in [0.3, 0.4) is 0 Å². The molecule has 18 heavy (non-hydrogen) atoms. The molecule has 0 heterocycles. The first-order valence-electron chi connectivity index (χ1n) is 6.73. The maximum atomic E-state index is 12.0. The minimum Gasteiger partial charge on any atom is -0.481 e. The van der Waals surface area contributed by atoms with E-state index in [-0.39, 0.29) is 29.6 Å². The third-order valence-electron chi connectivity index (χ3n) is 4.12. The fraction of sp³-hybridized carbons (Fsp3) is 0.857. The maximum absolute atomic E-state index is 12.0. The van der Waals surface area contributed by atoms with Gasteiger partial charge in [0.1, 0.15) is 5.60 Å². The van der Waals surface area contributed by atoms with E-state index in [1.807, 2.05) is 20.8 Å². The number of carboxylic acids is 1. The van der Waals surface area contributed by atoms with Gasteiger partial charge in [0.05, 0.1) is 11.8 Å². The van der Waals surface area contributed by atoms with Gasteiger partial charge in [0.25, 0.3) is 0 Å². The largest absolute Gasteiger partial charge is 0.481 e. The molecule has 2 aliphatic rings. The monoisotopic (exact) mass is 254 g/mol. The van der Waals surface area contributed by atoms with Crippen molar-refractivity contribution in [1.82, 2.24) is 0 Å². The van der Waals surface area contributed by atoms with E-state index in [4.69, 9.17) is 4.74 Å². The highest BCUT2D eigenvalue weighted by Gasteiger charge is 2.48. The third-order valence-corrected chi connectivity index (χ3v) is 4.12. The Morgan fingerprint density at radius 2 is 1.61 bits per heavy atom. The van der Waals surface area contributed by atoms with E-state index in [9.17, 15) is 14.7 Å². The predicted octanol–water partition coefficient (Wildman–Crippen LogP) is 2.47. The molecule has 2 unspecified atom stereocenters. The Morgan fingerprint density at radius 3 is 2.00 bits per heavy atom. The van der Waals surface area contributed by atoms with Crippen molar-refractivity contribution in [3.05, 3.63) is 0 Å². The summed E-state index contributed by atoms with van der Waals surface area (Å²) in [5.41, 5.74) is -0.459. The minimum absolute atomic E-state index is 0.0997. The van der Waals surface area contributed by atoms with Crippen LogP contribution in [0.25, 0.3) is 0 Å². The lowest BCUT2D eigenvalue weighted by molar-refractivity contribution is -0.164. The molecule has 0 saturated heterocycles. The number of fused-ring (bicyclic) bond motifs is 2. The molecule has 2 rings (SSSR count). The highest BCUT2D eigenvalue weighted by atomic mass is 16.6. The van der Waals surface area contributed by atoms with Crippen LogP contribution in [0.2, 0.25) is 0 Å². The van der Waals surface area contributed by atoms with Crippen molar-refractivity contribution in [1.29, 1.82) is 0 Å². The lowest BCUT2D eigenvalue weighted by atomic mass is 9.73. The van der Waals surface area contributed by atoms with Crippen LogP contribution in [-0.2, 0) is 14.3 Å². The van der Waals surface area contributed by atoms with E-state index in [0.717, 1.165) is 12.8 Å². The van der Waals surface area contributed by atoms with E-state index >= 15 is 0 Å². The average Bonchev–Trinajstić information content (AvgIpc) is 2.47. The summed E-state index contributed by atoms with van der Waals surface area (Å²) >= 11 is 0. The molecular formula is C14H22O4. The number of ether oxygens (including phenoxy) is 1. The Hall–Kier alpha value is -1.06. The van der Waals surface area contributed by atoms with Crippen LogP contribution >= 0.6 is 0 Å². The van der Waals surface area contributed by atoms with Gasteiger partial charge in [-0.3, -0.25) is 9.59 Å². The van der Waals surface area contributed by atoms with Gasteiger partial charge in [-0.15, -0.1) is 0 Å². The molecule has 0 aromatic rings. The van der Waals surface area contributed by atoms with Crippen LogP contribution in [0, 0.1) is 23.7 Å². The average molecular weight is 254 g/mol. The van der Waals surface area contributed by atoms with E-state index in [1.165, 1.54) is 0 Å². The molecule has 1 N–H and O–H groups in total. The number of carbonyl (C=O) groups is 2. The molecule has 0 aromatic carbocycles. The number of carbonyl (C=O) groups excluding carboxylic acids is 1. The molecule has 4 nitrogen and oxygen atoms in total. The predicted molar refractivity (Wildman–Crippen MR) is 65.9 cm³/mol. The Labute approximate surface area is 108 Å². The molecule has 2 bridgehead atoms. The summed E-state index contributed by atoms with van der Waals surface area (Å²) in [6, 6.07) is 0. The Kier molecular flexibility index (Phi) is 3.39. The Balaban J connectivity index is 2.00. The number of carboxylic acid groups (broad SMARTS) is 1. The molecule has 2 aliphatic carbocycles. The first-order valence-corrected chi connectivity index (χ1v) is 6.73. The lowest BCUT2D eigenvalue weighted by Gasteiger charge is -2.33. The van der Waals surface area contributed by atoms with E-state index in [2.05, 4.69) is 0 Å². The van der Waals surface area contributed by atoms with Gasteiger partial charge in [-0.1, -0.05) is 0 Å². The molecule has 0 aromatic heterocycles. The van der Waals surface area contributed by atoms with Crippen molar-refractivity contribution in [3.8, 4) is 0 Å². The lowest BCUT2D eigenvalue weighted by Crippen LogP contribution is -2.37. The van der Waals surface area contributed by atoms with E-state index in [0.29, 0.717) is 12.8 Å². The van der Waals surface area contributed by atoms with Gasteiger partial charge in [0.15, 0.2) is 0 Å². The first kappa shape index (κ1) is 13.4. The molecule has 2 fully saturated rings. The minimum atomic E-state index is -0.690. The molecule has 0 aliphatic heterocycles. The fourth-order valence-electron chi connectivity index (χ4n) is 3.51. The Bertz CT molecular complexity index is 341. The summed E-state index contributed by atoms with van der Waals surface area (Å²) in [6.07, 6.45) is 3.26. The topological polar surface area (TPSA) is 63.6 Å². The van der Waals surface area contributed by atoms with Gasteiger partial charge in [-0.05, 0) is 58.3 Å². The van der Waals surface area contributed by atoms with Crippen LogP contribution in [0.4, 0.5) is 0 Å². The quantitative estimate of drug-likeness (QED) is 0.769. The van der Waals surface area contributed by atoms with E-state index in [1.54, 1.807) is 0 Å². The second-order valence-corrected chi connectivity index (χ2v) is 6.66. The van der Waals surface area contributed by atoms with Crippen LogP contribution in [0.5, 0.6) is 0 Å². The molecule has 2 saturated carbocycles. The number of esters is 1. The molecule has 4 heteroatoms. The van der Waals surface area contributed by atoms with Gasteiger partial charge >= 0.3 is 11.9 Å². The third kappa shape index (κ3) is 2.68. The molecule has 0 radical (unpaired) electrons. The summed E-state index contributed by atoms with van der Waals surface area (Å²) in [5, 5.41) is 9.21. The Morgan fingerprint density at radius 1 is 1.11 bits per heavy atom. The van der Waals surface area contributed by atoms with Crippen molar-refractivity contribution in [3.63, 3.8) is 0 Å². The number of rotatable bonds is 2. The molecular weight excluding hydrogens is 232 g/mol. The second kappa shape index (κ2) is 4.56. The molecule has 102 valence electrons. The molecule has 0 amide bonds. The van der Waals surface area contributed by atoms with Gasteiger partial charge in [-0.25, -0.2) is 0 Å². The standard InChI is InChI=1S/C14H22O4/c1-14(2,3)18-13(17)10-6-8-4-5-9(7-10)11(8)12(15)16/h8-11H,4-7H2,1-3H3,(H,15,16). The zero-order valence-electron chi connectivity index (χ0n) is 11.3. The first-order chi connectivity index (χ1) is 8.28. The van der Waals surface area contributed by atoms with Crippen molar-refractivity contribution < 1.29 is 19.4 Å². The molecule has 0 spiro atoms. The smallest absolute Gasteiger partial charge is 0.309 e. The van der Waals surface area contributed by atoms with Crippen molar-refractivity contribution in [2.24, 2.45) is 23.7 Å². The normalized spacial score (nSPS) is 35.3. The van der Waals surface area contributed by atoms with E-state index < -0.39 is 11.6 Å². The zero-order valence-corrected chi connectivity index (χ0v) is 11.3. The summed E-state index contributed by atoms with van der Waals surface area (Å²) in [5.74, 6) is -0.841. The van der Waals surface area contributed by atoms with Crippen LogP contribution in [0.15, 0.2) is 0 Å². The number of aliphatic carboxylic acids is 1.